The molecule has 18 heavy (non-hydrogen) atoms. The van der Waals surface area contributed by atoms with Gasteiger partial charge in [0.25, 0.3) is 0 Å². The smallest absolute Gasteiger partial charge is 0.244 e. The van der Waals surface area contributed by atoms with Crippen molar-refractivity contribution in [2.45, 2.75) is 19.9 Å². The van der Waals surface area contributed by atoms with E-state index in [-0.39, 0.29) is 17.9 Å². The molecule has 0 spiro atoms. The van der Waals surface area contributed by atoms with Gasteiger partial charge in [0, 0.05) is 11.8 Å². The Labute approximate surface area is 108 Å². The molecule has 1 aromatic carbocycles. The van der Waals surface area contributed by atoms with Crippen molar-refractivity contribution >= 4 is 17.7 Å². The minimum atomic E-state index is -0.242. The number of anilines is 1. The summed E-state index contributed by atoms with van der Waals surface area (Å²) in [6.07, 6.45) is 8.54. The Kier molecular flexibility index (Phi) is 5.01. The van der Waals surface area contributed by atoms with Crippen LogP contribution in [-0.2, 0) is 4.79 Å². The molecule has 3 heteroatoms. The predicted octanol–water partition coefficient (Wildman–Crippen LogP) is 2.06. The Bertz CT molecular complexity index is 466. The molecule has 94 valence electrons. The third-order valence-corrected chi connectivity index (χ3v) is 2.51. The van der Waals surface area contributed by atoms with Gasteiger partial charge in [0.1, 0.15) is 0 Å². The largest absolute Gasteiger partial charge is 0.399 e. The third kappa shape index (κ3) is 4.34. The Balaban J connectivity index is 2.60. The van der Waals surface area contributed by atoms with Crippen LogP contribution >= 0.6 is 0 Å². The van der Waals surface area contributed by atoms with Crippen LogP contribution in [0.4, 0.5) is 5.69 Å². The molecular formula is C15H18N2O. The number of benzene rings is 1. The Morgan fingerprint density at radius 1 is 1.39 bits per heavy atom. The van der Waals surface area contributed by atoms with Crippen molar-refractivity contribution in [3.05, 3.63) is 35.9 Å². The van der Waals surface area contributed by atoms with E-state index in [0.29, 0.717) is 5.69 Å². The van der Waals surface area contributed by atoms with Gasteiger partial charge in [0.2, 0.25) is 5.91 Å². The van der Waals surface area contributed by atoms with Crippen molar-refractivity contribution in [2.24, 2.45) is 5.92 Å². The molecule has 0 aliphatic rings. The fourth-order valence-corrected chi connectivity index (χ4v) is 1.38. The van der Waals surface area contributed by atoms with E-state index < -0.39 is 0 Å². The Morgan fingerprint density at radius 2 is 2.00 bits per heavy atom. The highest BCUT2D eigenvalue weighted by Gasteiger charge is 2.10. The van der Waals surface area contributed by atoms with Crippen LogP contribution in [0, 0.1) is 18.3 Å². The molecule has 0 aromatic heterocycles. The quantitative estimate of drug-likeness (QED) is 0.482. The van der Waals surface area contributed by atoms with Crippen molar-refractivity contribution in [3.63, 3.8) is 0 Å². The number of hydrogen-bond acceptors (Lipinski definition) is 2. The van der Waals surface area contributed by atoms with Crippen molar-refractivity contribution in [2.75, 3.05) is 5.73 Å². The maximum atomic E-state index is 11.6. The first kappa shape index (κ1) is 13.9. The SMILES string of the molecule is C#CC(NC(=O)/C=C/c1ccc(N)cc1)C(C)C. The number of nitrogens with one attached hydrogen (secondary N) is 1. The summed E-state index contributed by atoms with van der Waals surface area (Å²) in [5, 5.41) is 2.76. The fraction of sp³-hybridized carbons (Fsp3) is 0.267. The van der Waals surface area contributed by atoms with Gasteiger partial charge in [-0.1, -0.05) is 31.9 Å². The summed E-state index contributed by atoms with van der Waals surface area (Å²) >= 11 is 0. The van der Waals surface area contributed by atoms with Crippen LogP contribution in [0.5, 0.6) is 0 Å². The standard InChI is InChI=1S/C15H18N2O/c1-4-14(11(2)3)17-15(18)10-7-12-5-8-13(16)9-6-12/h1,5-11,14H,16H2,2-3H3,(H,17,18)/b10-7+. The van der Waals surface area contributed by atoms with Crippen LogP contribution in [0.25, 0.3) is 6.08 Å². The molecule has 0 radical (unpaired) electrons. The van der Waals surface area contributed by atoms with Crippen molar-refractivity contribution in [3.8, 4) is 12.3 Å². The van der Waals surface area contributed by atoms with Crippen molar-refractivity contribution in [1.82, 2.24) is 5.32 Å². The molecule has 3 N–H and O–H groups in total. The Morgan fingerprint density at radius 3 is 2.50 bits per heavy atom. The summed E-state index contributed by atoms with van der Waals surface area (Å²) in [5.41, 5.74) is 7.19. The third-order valence-electron chi connectivity index (χ3n) is 2.51. The number of terminal acetylenes is 1. The highest BCUT2D eigenvalue weighted by atomic mass is 16.1. The fourth-order valence-electron chi connectivity index (χ4n) is 1.38. The van der Waals surface area contributed by atoms with Crippen LogP contribution in [0.2, 0.25) is 0 Å². The van der Waals surface area contributed by atoms with Gasteiger partial charge in [-0.05, 0) is 29.7 Å². The summed E-state index contributed by atoms with van der Waals surface area (Å²) in [7, 11) is 0. The van der Waals surface area contributed by atoms with Crippen LogP contribution in [0.1, 0.15) is 19.4 Å². The van der Waals surface area contributed by atoms with Gasteiger partial charge in [-0.15, -0.1) is 6.42 Å². The number of nitrogen functional groups attached to an aromatic ring is 1. The van der Waals surface area contributed by atoms with Crippen LogP contribution < -0.4 is 11.1 Å². The molecule has 1 rings (SSSR count). The average Bonchev–Trinajstić information content (AvgIpc) is 2.35. The van der Waals surface area contributed by atoms with E-state index in [9.17, 15) is 4.79 Å². The molecule has 0 bridgehead atoms. The van der Waals surface area contributed by atoms with Gasteiger partial charge in [-0.25, -0.2) is 0 Å². The average molecular weight is 242 g/mol. The zero-order chi connectivity index (χ0) is 13.5. The van der Waals surface area contributed by atoms with E-state index in [1.54, 1.807) is 18.2 Å². The molecule has 0 aliphatic carbocycles. The lowest BCUT2D eigenvalue weighted by molar-refractivity contribution is -0.117. The molecule has 1 atom stereocenters. The molecular weight excluding hydrogens is 224 g/mol. The molecule has 3 nitrogen and oxygen atoms in total. The molecule has 1 amide bonds. The highest BCUT2D eigenvalue weighted by molar-refractivity contribution is 5.92. The highest BCUT2D eigenvalue weighted by Crippen LogP contribution is 2.07. The topological polar surface area (TPSA) is 55.1 Å². The van der Waals surface area contributed by atoms with E-state index in [1.807, 2.05) is 26.0 Å². The number of carbonyl (C=O) groups excluding carboxylic acids is 1. The van der Waals surface area contributed by atoms with Crippen LogP contribution in [0.3, 0.4) is 0 Å². The van der Waals surface area contributed by atoms with Gasteiger partial charge in [-0.2, -0.15) is 0 Å². The molecule has 0 aliphatic heterocycles. The van der Waals surface area contributed by atoms with E-state index in [2.05, 4.69) is 11.2 Å². The van der Waals surface area contributed by atoms with E-state index in [1.165, 1.54) is 6.08 Å². The van der Waals surface area contributed by atoms with Gasteiger partial charge >= 0.3 is 0 Å². The van der Waals surface area contributed by atoms with E-state index in [0.717, 1.165) is 5.56 Å². The predicted molar refractivity (Wildman–Crippen MR) is 75.5 cm³/mol. The first-order valence-corrected chi connectivity index (χ1v) is 5.83. The number of carbonyl (C=O) groups is 1. The normalized spacial score (nSPS) is 12.3. The zero-order valence-electron chi connectivity index (χ0n) is 10.7. The van der Waals surface area contributed by atoms with Gasteiger partial charge in [-0.3, -0.25) is 4.79 Å². The first-order chi connectivity index (χ1) is 8.52. The van der Waals surface area contributed by atoms with Crippen LogP contribution in [0.15, 0.2) is 30.3 Å². The number of amides is 1. The lowest BCUT2D eigenvalue weighted by atomic mass is 10.1. The van der Waals surface area contributed by atoms with Crippen molar-refractivity contribution in [1.29, 1.82) is 0 Å². The molecule has 1 aromatic rings. The first-order valence-electron chi connectivity index (χ1n) is 5.83. The summed E-state index contributed by atoms with van der Waals surface area (Å²) in [5.74, 6) is 2.58. The summed E-state index contributed by atoms with van der Waals surface area (Å²) in [6, 6.07) is 7.03. The lowest BCUT2D eigenvalue weighted by Crippen LogP contribution is -2.36. The second-order valence-corrected chi connectivity index (χ2v) is 4.40. The lowest BCUT2D eigenvalue weighted by Gasteiger charge is -2.14. The maximum absolute atomic E-state index is 11.6. The summed E-state index contributed by atoms with van der Waals surface area (Å²) in [6.45, 7) is 3.93. The van der Waals surface area contributed by atoms with Gasteiger partial charge in [0.15, 0.2) is 0 Å². The van der Waals surface area contributed by atoms with E-state index >= 15 is 0 Å². The second kappa shape index (κ2) is 6.51. The van der Waals surface area contributed by atoms with Crippen LogP contribution in [-0.4, -0.2) is 11.9 Å². The maximum Gasteiger partial charge on any atom is 0.244 e. The molecule has 0 heterocycles. The molecule has 0 fully saturated rings. The zero-order valence-corrected chi connectivity index (χ0v) is 10.7. The minimum absolute atomic E-state index is 0.191. The summed E-state index contributed by atoms with van der Waals surface area (Å²) < 4.78 is 0. The monoisotopic (exact) mass is 242 g/mol. The van der Waals surface area contributed by atoms with Crippen molar-refractivity contribution < 1.29 is 4.79 Å². The van der Waals surface area contributed by atoms with Gasteiger partial charge in [0.05, 0.1) is 6.04 Å². The summed E-state index contributed by atoms with van der Waals surface area (Å²) in [4.78, 5) is 11.6. The number of nitrogens with two attached hydrogens (primary N) is 1. The van der Waals surface area contributed by atoms with Gasteiger partial charge < -0.3 is 11.1 Å². The number of hydrogen-bond donors (Lipinski definition) is 2. The minimum Gasteiger partial charge on any atom is -0.399 e. The molecule has 0 saturated heterocycles. The van der Waals surface area contributed by atoms with E-state index in [4.69, 9.17) is 12.2 Å². The molecule has 1 unspecified atom stereocenters. The second-order valence-electron chi connectivity index (χ2n) is 4.40. The molecule has 0 saturated carbocycles. The number of rotatable bonds is 4. The Hall–Kier alpha value is -2.21.